The zero-order chi connectivity index (χ0) is 16.5. The van der Waals surface area contributed by atoms with E-state index in [4.69, 9.17) is 4.74 Å². The van der Waals surface area contributed by atoms with E-state index >= 15 is 0 Å². The van der Waals surface area contributed by atoms with Crippen LogP contribution in [0.4, 0.5) is 0 Å². The lowest BCUT2D eigenvalue weighted by molar-refractivity contribution is 0.0777. The van der Waals surface area contributed by atoms with Crippen LogP contribution in [0.5, 0.6) is 5.75 Å². The summed E-state index contributed by atoms with van der Waals surface area (Å²) in [7, 11) is 0. The highest BCUT2D eigenvalue weighted by atomic mass is 32.1. The van der Waals surface area contributed by atoms with Gasteiger partial charge < -0.3 is 9.64 Å². The minimum atomic E-state index is 0.0163. The Balaban J connectivity index is 1.48. The number of ether oxygens (including phenoxy) is 1. The average Bonchev–Trinajstić information content (AvgIpc) is 3.24. The number of carbonyl (C=O) groups is 1. The average molecular weight is 338 g/mol. The van der Waals surface area contributed by atoms with Crippen LogP contribution in [0.3, 0.4) is 0 Å². The number of aryl methyl sites for hydroxylation is 1. The molecule has 0 spiro atoms. The van der Waals surface area contributed by atoms with Crippen LogP contribution in [0.25, 0.3) is 10.9 Å². The number of likely N-dealkylation sites (tertiary alicyclic amines) is 1. The minimum absolute atomic E-state index is 0.0163. The molecule has 4 rings (SSSR count). The van der Waals surface area contributed by atoms with Crippen molar-refractivity contribution < 1.29 is 9.53 Å². The predicted molar refractivity (Wildman–Crippen MR) is 95.7 cm³/mol. The smallest absolute Gasteiger partial charge is 0.264 e. The van der Waals surface area contributed by atoms with Crippen LogP contribution in [0.1, 0.15) is 21.0 Å². The highest BCUT2D eigenvalue weighted by Gasteiger charge is 2.29. The molecule has 1 atom stereocenters. The maximum atomic E-state index is 12.5. The van der Waals surface area contributed by atoms with Crippen molar-refractivity contribution in [2.75, 3.05) is 13.1 Å². The number of amides is 1. The molecule has 3 aromatic rings. The molecule has 0 aliphatic carbocycles. The van der Waals surface area contributed by atoms with E-state index in [2.05, 4.69) is 4.98 Å². The van der Waals surface area contributed by atoms with E-state index in [1.807, 2.05) is 54.3 Å². The first kappa shape index (κ1) is 15.1. The van der Waals surface area contributed by atoms with Crippen molar-refractivity contribution in [3.05, 3.63) is 58.4 Å². The van der Waals surface area contributed by atoms with Crippen LogP contribution >= 0.6 is 11.3 Å². The Labute approximate surface area is 144 Å². The number of rotatable bonds is 3. The molecule has 0 radical (unpaired) electrons. The van der Waals surface area contributed by atoms with E-state index in [1.165, 1.54) is 0 Å². The third-order valence-electron chi connectivity index (χ3n) is 4.27. The quantitative estimate of drug-likeness (QED) is 0.727. The SMILES string of the molecule is Cc1ccc(C(=O)N2CC[C@H](Oc3cccc4cccnc34)C2)s1. The van der Waals surface area contributed by atoms with Crippen molar-refractivity contribution in [1.82, 2.24) is 9.88 Å². The zero-order valence-electron chi connectivity index (χ0n) is 13.4. The van der Waals surface area contributed by atoms with Gasteiger partial charge in [-0.3, -0.25) is 9.78 Å². The first-order valence-electron chi connectivity index (χ1n) is 8.07. The summed E-state index contributed by atoms with van der Waals surface area (Å²) in [5.74, 6) is 0.898. The first-order chi connectivity index (χ1) is 11.7. The topological polar surface area (TPSA) is 42.4 Å². The molecule has 3 heterocycles. The summed E-state index contributed by atoms with van der Waals surface area (Å²) in [6.45, 7) is 3.38. The van der Waals surface area contributed by atoms with Crippen LogP contribution in [0.2, 0.25) is 0 Å². The van der Waals surface area contributed by atoms with Crippen LogP contribution in [0, 0.1) is 6.92 Å². The van der Waals surface area contributed by atoms with Crippen LogP contribution in [-0.2, 0) is 0 Å². The number of benzene rings is 1. The molecular formula is C19H18N2O2S. The molecule has 1 aromatic carbocycles. The summed E-state index contributed by atoms with van der Waals surface area (Å²) in [6.07, 6.45) is 2.64. The Hall–Kier alpha value is -2.40. The summed E-state index contributed by atoms with van der Waals surface area (Å²) < 4.78 is 6.16. The molecule has 0 unspecified atom stereocenters. The molecular weight excluding hydrogens is 320 g/mol. The molecule has 0 saturated carbocycles. The van der Waals surface area contributed by atoms with Crippen molar-refractivity contribution >= 4 is 28.1 Å². The van der Waals surface area contributed by atoms with Gasteiger partial charge in [0.15, 0.2) is 0 Å². The van der Waals surface area contributed by atoms with Gasteiger partial charge in [-0.25, -0.2) is 0 Å². The molecule has 0 bridgehead atoms. The number of nitrogens with zero attached hydrogens (tertiary/aromatic N) is 2. The molecule has 4 nitrogen and oxygen atoms in total. The van der Waals surface area contributed by atoms with Crippen LogP contribution in [-0.4, -0.2) is 35.0 Å². The summed E-state index contributed by atoms with van der Waals surface area (Å²) >= 11 is 1.55. The molecule has 122 valence electrons. The number of thiophene rings is 1. The molecule has 0 N–H and O–H groups in total. The van der Waals surface area contributed by atoms with Crippen LogP contribution < -0.4 is 4.74 Å². The van der Waals surface area contributed by atoms with Crippen LogP contribution in [0.15, 0.2) is 48.7 Å². The fraction of sp³-hybridized carbons (Fsp3) is 0.263. The number of aromatic nitrogens is 1. The molecule has 1 amide bonds. The minimum Gasteiger partial charge on any atom is -0.486 e. The van der Waals surface area contributed by atoms with E-state index in [-0.39, 0.29) is 12.0 Å². The van der Waals surface area contributed by atoms with Crippen molar-refractivity contribution in [2.45, 2.75) is 19.4 Å². The molecule has 24 heavy (non-hydrogen) atoms. The molecule has 1 aliphatic rings. The Kier molecular flexibility index (Phi) is 3.94. The van der Waals surface area contributed by atoms with E-state index in [0.29, 0.717) is 6.54 Å². The molecule has 1 fully saturated rings. The number of pyridine rings is 1. The van der Waals surface area contributed by atoms with Gasteiger partial charge in [0.25, 0.3) is 5.91 Å². The molecule has 1 aliphatic heterocycles. The van der Waals surface area contributed by atoms with Gasteiger partial charge in [0.05, 0.1) is 11.4 Å². The normalized spacial score (nSPS) is 17.4. The van der Waals surface area contributed by atoms with Crippen molar-refractivity contribution in [1.29, 1.82) is 0 Å². The van der Waals surface area contributed by atoms with Gasteiger partial charge in [0.1, 0.15) is 17.4 Å². The monoisotopic (exact) mass is 338 g/mol. The molecule has 5 heteroatoms. The van der Waals surface area contributed by atoms with Gasteiger partial charge in [-0.15, -0.1) is 11.3 Å². The lowest BCUT2D eigenvalue weighted by atomic mass is 10.2. The predicted octanol–water partition coefficient (Wildman–Crippen LogP) is 3.90. The third-order valence-corrected chi connectivity index (χ3v) is 5.26. The Morgan fingerprint density at radius 3 is 2.96 bits per heavy atom. The maximum Gasteiger partial charge on any atom is 0.264 e. The van der Waals surface area contributed by atoms with Crippen molar-refractivity contribution in [3.63, 3.8) is 0 Å². The summed E-state index contributed by atoms with van der Waals surface area (Å²) in [5.41, 5.74) is 0.874. The second-order valence-corrected chi connectivity index (χ2v) is 7.31. The molecule has 1 saturated heterocycles. The second kappa shape index (κ2) is 6.24. The fourth-order valence-electron chi connectivity index (χ4n) is 3.07. The fourth-order valence-corrected chi connectivity index (χ4v) is 3.90. The number of para-hydroxylation sites is 1. The van der Waals surface area contributed by atoms with Gasteiger partial charge in [0.2, 0.25) is 0 Å². The maximum absolute atomic E-state index is 12.5. The molecule has 2 aromatic heterocycles. The number of carbonyl (C=O) groups excluding carboxylic acids is 1. The summed E-state index contributed by atoms with van der Waals surface area (Å²) in [5, 5.41) is 1.06. The first-order valence-corrected chi connectivity index (χ1v) is 8.88. The largest absolute Gasteiger partial charge is 0.486 e. The zero-order valence-corrected chi connectivity index (χ0v) is 14.3. The standard InChI is InChI=1S/C19H18N2O2S/c1-13-7-8-17(24-13)19(22)21-11-9-15(12-21)23-16-6-2-4-14-5-3-10-20-18(14)16/h2-8,10,15H,9,11-12H2,1H3/t15-/m0/s1. The van der Waals surface area contributed by atoms with E-state index < -0.39 is 0 Å². The highest BCUT2D eigenvalue weighted by Crippen LogP contribution is 2.27. The highest BCUT2D eigenvalue weighted by molar-refractivity contribution is 7.13. The summed E-state index contributed by atoms with van der Waals surface area (Å²) in [6, 6.07) is 13.8. The van der Waals surface area contributed by atoms with E-state index in [1.54, 1.807) is 17.5 Å². The van der Waals surface area contributed by atoms with Crippen molar-refractivity contribution in [2.24, 2.45) is 0 Å². The van der Waals surface area contributed by atoms with Gasteiger partial charge >= 0.3 is 0 Å². The van der Waals surface area contributed by atoms with Crippen molar-refractivity contribution in [3.8, 4) is 5.75 Å². The Morgan fingerprint density at radius 2 is 2.12 bits per heavy atom. The third kappa shape index (κ3) is 2.87. The van der Waals surface area contributed by atoms with E-state index in [9.17, 15) is 4.79 Å². The number of fused-ring (bicyclic) bond motifs is 1. The lowest BCUT2D eigenvalue weighted by Gasteiger charge is -2.17. The van der Waals surface area contributed by atoms with Gasteiger partial charge in [-0.1, -0.05) is 18.2 Å². The summed E-state index contributed by atoms with van der Waals surface area (Å²) in [4.78, 5) is 20.8. The number of hydrogen-bond donors (Lipinski definition) is 0. The second-order valence-electron chi connectivity index (χ2n) is 6.02. The van der Waals surface area contributed by atoms with Gasteiger partial charge in [-0.2, -0.15) is 0 Å². The Morgan fingerprint density at radius 1 is 1.25 bits per heavy atom. The Bertz CT molecular complexity index is 884. The van der Waals surface area contributed by atoms with Gasteiger partial charge in [0, 0.05) is 29.4 Å². The van der Waals surface area contributed by atoms with E-state index in [0.717, 1.165) is 39.4 Å². The van der Waals surface area contributed by atoms with Gasteiger partial charge in [-0.05, 0) is 31.2 Å². The number of hydrogen-bond acceptors (Lipinski definition) is 4. The lowest BCUT2D eigenvalue weighted by Crippen LogP contribution is -2.30.